The van der Waals surface area contributed by atoms with Crippen molar-refractivity contribution in [1.29, 1.82) is 0 Å². The molecule has 2 aliphatic carbocycles. The van der Waals surface area contributed by atoms with Gasteiger partial charge in [0, 0.05) is 35.3 Å². The second kappa shape index (κ2) is 10.9. The lowest BCUT2D eigenvalue weighted by Gasteiger charge is -2.28. The van der Waals surface area contributed by atoms with E-state index in [1.165, 1.54) is 13.2 Å². The number of benzene rings is 2. The number of nitrogens with zero attached hydrogens (tertiary/aromatic N) is 1. The molecule has 38 heavy (non-hydrogen) atoms. The van der Waals surface area contributed by atoms with Crippen molar-refractivity contribution >= 4 is 17.8 Å². The Bertz CT molecular complexity index is 1320. The highest BCUT2D eigenvalue weighted by atomic mass is 19.1. The van der Waals surface area contributed by atoms with Crippen molar-refractivity contribution in [2.24, 2.45) is 11.7 Å². The molecule has 5 rings (SSSR count). The number of nitrogens with two attached hydrogens (primary N) is 1. The van der Waals surface area contributed by atoms with Crippen molar-refractivity contribution in [1.82, 2.24) is 10.3 Å². The highest BCUT2D eigenvalue weighted by molar-refractivity contribution is 5.92. The fourth-order valence-electron chi connectivity index (χ4n) is 5.29. The van der Waals surface area contributed by atoms with Gasteiger partial charge in [-0.15, -0.1) is 0 Å². The van der Waals surface area contributed by atoms with Crippen LogP contribution in [0, 0.1) is 11.7 Å². The highest BCUT2D eigenvalue weighted by Gasteiger charge is 2.42. The second-order valence-electron chi connectivity index (χ2n) is 10.4. The number of carbonyl (C=O) groups is 2. The molecule has 0 atom stereocenters. The van der Waals surface area contributed by atoms with Crippen LogP contribution in [-0.4, -0.2) is 30.1 Å². The zero-order chi connectivity index (χ0) is 26.7. The van der Waals surface area contributed by atoms with Crippen LogP contribution in [-0.2, 0) is 15.1 Å². The van der Waals surface area contributed by atoms with E-state index in [2.05, 4.69) is 20.4 Å². The zero-order valence-electron chi connectivity index (χ0n) is 21.5. The summed E-state index contributed by atoms with van der Waals surface area (Å²) in [7, 11) is 1.35. The molecule has 2 amide bonds. The molecular formula is C30H33FN4O3. The van der Waals surface area contributed by atoms with Gasteiger partial charge in [0.05, 0.1) is 7.11 Å². The molecule has 0 radical (unpaired) electrons. The average molecular weight is 517 g/mol. The summed E-state index contributed by atoms with van der Waals surface area (Å²) in [6, 6.07) is 16.9. The van der Waals surface area contributed by atoms with Crippen LogP contribution in [0.25, 0.3) is 22.3 Å². The molecule has 198 valence electrons. The molecule has 0 saturated heterocycles. The standard InChI is InChI=1S/C30H33FN4O3/c1-38-29(37)34-22-10-7-19(8-11-22)15-28(36)35-27-17-23(20-5-3-2-4-6-20)24(18-33-27)21-9-12-25(26(31)16-21)30(32)13-14-30/h2-6,9,12,16-19,22H,7-8,10-11,13-15,32H2,1H3,(H,34,37)(H,33,35,36). The number of hydrogen-bond acceptors (Lipinski definition) is 5. The van der Waals surface area contributed by atoms with Crippen LogP contribution in [0.1, 0.15) is 50.5 Å². The van der Waals surface area contributed by atoms with Gasteiger partial charge in [0.2, 0.25) is 5.91 Å². The lowest BCUT2D eigenvalue weighted by atomic mass is 9.84. The summed E-state index contributed by atoms with van der Waals surface area (Å²) in [5, 5.41) is 5.79. The number of aromatic nitrogens is 1. The summed E-state index contributed by atoms with van der Waals surface area (Å²) >= 11 is 0. The summed E-state index contributed by atoms with van der Waals surface area (Å²) in [6.07, 6.45) is 6.59. The Kier molecular flexibility index (Phi) is 7.42. The molecule has 0 bridgehead atoms. The van der Waals surface area contributed by atoms with Gasteiger partial charge in [-0.3, -0.25) is 4.79 Å². The molecule has 0 aliphatic heterocycles. The summed E-state index contributed by atoms with van der Waals surface area (Å²) in [4.78, 5) is 28.8. The first-order chi connectivity index (χ1) is 18.3. The minimum atomic E-state index is -0.547. The summed E-state index contributed by atoms with van der Waals surface area (Å²) in [5.41, 5.74) is 9.51. The van der Waals surface area contributed by atoms with E-state index in [9.17, 15) is 9.59 Å². The van der Waals surface area contributed by atoms with Crippen LogP contribution in [0.5, 0.6) is 0 Å². The minimum Gasteiger partial charge on any atom is -0.453 e. The van der Waals surface area contributed by atoms with E-state index < -0.39 is 11.6 Å². The number of halogens is 1. The normalized spacial score (nSPS) is 19.9. The fourth-order valence-corrected chi connectivity index (χ4v) is 5.29. The van der Waals surface area contributed by atoms with Gasteiger partial charge in [0.25, 0.3) is 0 Å². The molecule has 1 heterocycles. The van der Waals surface area contributed by atoms with Gasteiger partial charge in [-0.25, -0.2) is 14.2 Å². The summed E-state index contributed by atoms with van der Waals surface area (Å²) in [5.74, 6) is 0.295. The van der Waals surface area contributed by atoms with E-state index in [4.69, 9.17) is 5.73 Å². The van der Waals surface area contributed by atoms with Gasteiger partial charge >= 0.3 is 6.09 Å². The summed E-state index contributed by atoms with van der Waals surface area (Å²) < 4.78 is 19.7. The number of anilines is 1. The number of alkyl carbamates (subject to hydrolysis) is 1. The third kappa shape index (κ3) is 5.86. The molecule has 2 saturated carbocycles. The first kappa shape index (κ1) is 25.9. The maximum atomic E-state index is 15.0. The zero-order valence-corrected chi connectivity index (χ0v) is 21.5. The molecule has 7 nitrogen and oxygen atoms in total. The smallest absolute Gasteiger partial charge is 0.407 e. The quantitative estimate of drug-likeness (QED) is 0.371. The Hall–Kier alpha value is -3.78. The number of methoxy groups -OCH3 is 1. The Morgan fingerprint density at radius 2 is 1.76 bits per heavy atom. The number of nitrogens with one attached hydrogen (secondary N) is 2. The number of pyridine rings is 1. The molecular weight excluding hydrogens is 483 g/mol. The Balaban J connectivity index is 1.31. The van der Waals surface area contributed by atoms with Crippen molar-refractivity contribution in [2.45, 2.75) is 56.5 Å². The average Bonchev–Trinajstić information content (AvgIpc) is 3.68. The lowest BCUT2D eigenvalue weighted by molar-refractivity contribution is -0.117. The predicted octanol–water partition coefficient (Wildman–Crippen LogP) is 5.75. The van der Waals surface area contributed by atoms with Crippen molar-refractivity contribution in [3.8, 4) is 22.3 Å². The van der Waals surface area contributed by atoms with E-state index >= 15 is 4.39 Å². The van der Waals surface area contributed by atoms with Gasteiger partial charge in [0.1, 0.15) is 11.6 Å². The monoisotopic (exact) mass is 516 g/mol. The second-order valence-corrected chi connectivity index (χ2v) is 10.4. The Labute approximate surface area is 222 Å². The predicted molar refractivity (Wildman–Crippen MR) is 145 cm³/mol. The SMILES string of the molecule is COC(=O)NC1CCC(CC(=O)Nc2cc(-c3ccccc3)c(-c3ccc(C4(N)CC4)c(F)c3)cn2)CC1. The van der Waals surface area contributed by atoms with Crippen LogP contribution in [0.15, 0.2) is 60.8 Å². The van der Waals surface area contributed by atoms with Crippen molar-refractivity contribution in [3.05, 3.63) is 72.2 Å². The van der Waals surface area contributed by atoms with Gasteiger partial charge in [-0.2, -0.15) is 0 Å². The van der Waals surface area contributed by atoms with Gasteiger partial charge in [-0.1, -0.05) is 42.5 Å². The van der Waals surface area contributed by atoms with Gasteiger partial charge in [-0.05, 0) is 73.3 Å². The van der Waals surface area contributed by atoms with Crippen LogP contribution < -0.4 is 16.4 Å². The maximum Gasteiger partial charge on any atom is 0.407 e. The third-order valence-electron chi connectivity index (χ3n) is 7.69. The molecule has 3 aromatic rings. The van der Waals surface area contributed by atoms with Crippen LogP contribution >= 0.6 is 0 Å². The first-order valence-electron chi connectivity index (χ1n) is 13.1. The molecule has 0 unspecified atom stereocenters. The van der Waals surface area contributed by atoms with E-state index in [1.807, 2.05) is 42.5 Å². The number of amides is 2. The fraction of sp³-hybridized carbons (Fsp3) is 0.367. The maximum absolute atomic E-state index is 15.0. The molecule has 2 aliphatic rings. The Morgan fingerprint density at radius 1 is 1.03 bits per heavy atom. The van der Waals surface area contributed by atoms with E-state index in [0.29, 0.717) is 23.4 Å². The van der Waals surface area contributed by atoms with E-state index in [-0.39, 0.29) is 23.7 Å². The topological polar surface area (TPSA) is 106 Å². The van der Waals surface area contributed by atoms with Crippen LogP contribution in [0.4, 0.5) is 15.0 Å². The van der Waals surface area contributed by atoms with Crippen LogP contribution in [0.2, 0.25) is 0 Å². The molecule has 2 fully saturated rings. The minimum absolute atomic E-state index is 0.0861. The number of rotatable bonds is 7. The van der Waals surface area contributed by atoms with Crippen molar-refractivity contribution < 1.29 is 18.7 Å². The Morgan fingerprint density at radius 3 is 2.42 bits per heavy atom. The third-order valence-corrected chi connectivity index (χ3v) is 7.69. The lowest BCUT2D eigenvalue weighted by Crippen LogP contribution is -2.37. The molecule has 8 heteroatoms. The van der Waals surface area contributed by atoms with Crippen LogP contribution in [0.3, 0.4) is 0 Å². The van der Waals surface area contributed by atoms with Crippen molar-refractivity contribution in [3.63, 3.8) is 0 Å². The van der Waals surface area contributed by atoms with Gasteiger partial charge in [0.15, 0.2) is 0 Å². The largest absolute Gasteiger partial charge is 0.453 e. The van der Waals surface area contributed by atoms with E-state index in [0.717, 1.165) is 55.2 Å². The summed E-state index contributed by atoms with van der Waals surface area (Å²) in [6.45, 7) is 0. The van der Waals surface area contributed by atoms with E-state index in [1.54, 1.807) is 12.3 Å². The molecule has 4 N–H and O–H groups in total. The first-order valence-corrected chi connectivity index (χ1v) is 13.1. The molecule has 1 aromatic heterocycles. The molecule has 0 spiro atoms. The molecule has 2 aromatic carbocycles. The van der Waals surface area contributed by atoms with Gasteiger partial charge < -0.3 is 21.1 Å². The highest BCUT2D eigenvalue weighted by Crippen LogP contribution is 2.44. The van der Waals surface area contributed by atoms with Crippen molar-refractivity contribution in [2.75, 3.05) is 12.4 Å². The number of ether oxygens (including phenoxy) is 1. The number of carbonyl (C=O) groups excluding carboxylic acids is 2. The number of hydrogen-bond donors (Lipinski definition) is 3.